The Morgan fingerprint density at radius 1 is 1.50 bits per heavy atom. The van der Waals surface area contributed by atoms with Crippen LogP contribution in [0.3, 0.4) is 0 Å². The van der Waals surface area contributed by atoms with Crippen LogP contribution in [0.4, 0.5) is 0 Å². The average molecular weight is 165 g/mol. The van der Waals surface area contributed by atoms with Crippen molar-refractivity contribution in [3.8, 4) is 0 Å². The molecule has 3 heteroatoms. The number of nitrogens with one attached hydrogen (secondary N) is 1. The Bertz CT molecular complexity index is 104. The van der Waals surface area contributed by atoms with E-state index in [2.05, 4.69) is 19.2 Å². The van der Waals surface area contributed by atoms with Gasteiger partial charge in [-0.25, -0.2) is 0 Å². The van der Waals surface area contributed by atoms with Crippen molar-refractivity contribution >= 4 is 12.4 Å². The summed E-state index contributed by atoms with van der Waals surface area (Å²) < 4.78 is 0. The highest BCUT2D eigenvalue weighted by molar-refractivity contribution is 5.85. The van der Waals surface area contributed by atoms with Gasteiger partial charge >= 0.3 is 0 Å². The summed E-state index contributed by atoms with van der Waals surface area (Å²) in [7, 11) is 0. The predicted molar refractivity (Wildman–Crippen MR) is 46.5 cm³/mol. The van der Waals surface area contributed by atoms with Crippen LogP contribution >= 0.6 is 12.4 Å². The van der Waals surface area contributed by atoms with E-state index >= 15 is 0 Å². The van der Waals surface area contributed by atoms with Gasteiger partial charge in [-0.15, -0.1) is 12.4 Å². The second kappa shape index (κ2) is 3.56. The van der Waals surface area contributed by atoms with E-state index in [1.807, 2.05) is 0 Å². The van der Waals surface area contributed by atoms with Gasteiger partial charge in [-0.3, -0.25) is 0 Å². The summed E-state index contributed by atoms with van der Waals surface area (Å²) in [5.41, 5.74) is 6.05. The molecule has 2 nitrogen and oxygen atoms in total. The van der Waals surface area contributed by atoms with Crippen LogP contribution in [-0.4, -0.2) is 18.1 Å². The number of rotatable bonds is 0. The van der Waals surface area contributed by atoms with E-state index in [1.54, 1.807) is 0 Å². The summed E-state index contributed by atoms with van der Waals surface area (Å²) >= 11 is 0. The van der Waals surface area contributed by atoms with Crippen LogP contribution in [0, 0.1) is 0 Å². The van der Waals surface area contributed by atoms with E-state index in [9.17, 15) is 0 Å². The van der Waals surface area contributed by atoms with Crippen LogP contribution in [0.5, 0.6) is 0 Å². The molecule has 1 rings (SSSR count). The van der Waals surface area contributed by atoms with Gasteiger partial charge in [0.05, 0.1) is 0 Å². The molecule has 0 amide bonds. The Balaban J connectivity index is 0.000000810. The second-order valence-corrected chi connectivity index (χ2v) is 3.56. The highest BCUT2D eigenvalue weighted by atomic mass is 35.5. The molecule has 1 aliphatic rings. The molecule has 0 radical (unpaired) electrons. The minimum atomic E-state index is 0. The third-order valence-electron chi connectivity index (χ3n) is 1.89. The van der Waals surface area contributed by atoms with Crippen molar-refractivity contribution in [1.29, 1.82) is 0 Å². The number of halogens is 1. The van der Waals surface area contributed by atoms with Crippen molar-refractivity contribution in [2.45, 2.75) is 38.3 Å². The lowest BCUT2D eigenvalue weighted by molar-refractivity contribution is 0.276. The fraction of sp³-hybridized carbons (Fsp3) is 1.00. The first-order valence-corrected chi connectivity index (χ1v) is 3.61. The Kier molecular flexibility index (Phi) is 3.63. The standard InChI is InChI=1S/C7H16N2.ClH/c1-7(2)5-6(8)3-4-9-7;/h6,9H,3-5,8H2,1-2H3;1H. The van der Waals surface area contributed by atoms with Crippen molar-refractivity contribution in [2.24, 2.45) is 5.73 Å². The van der Waals surface area contributed by atoms with Crippen molar-refractivity contribution in [1.82, 2.24) is 5.32 Å². The second-order valence-electron chi connectivity index (χ2n) is 3.56. The third-order valence-corrected chi connectivity index (χ3v) is 1.89. The quantitative estimate of drug-likeness (QED) is 0.559. The zero-order valence-electron chi connectivity index (χ0n) is 6.68. The third kappa shape index (κ3) is 2.86. The molecule has 0 bridgehead atoms. The molecule has 0 aromatic heterocycles. The molecule has 10 heavy (non-hydrogen) atoms. The van der Waals surface area contributed by atoms with Gasteiger partial charge < -0.3 is 11.1 Å². The molecule has 1 aliphatic heterocycles. The highest BCUT2D eigenvalue weighted by Crippen LogP contribution is 2.16. The van der Waals surface area contributed by atoms with E-state index < -0.39 is 0 Å². The normalized spacial score (nSPS) is 30.9. The maximum atomic E-state index is 5.77. The zero-order valence-corrected chi connectivity index (χ0v) is 7.50. The minimum absolute atomic E-state index is 0. The molecular weight excluding hydrogens is 148 g/mol. The number of hydrogen-bond acceptors (Lipinski definition) is 2. The molecule has 1 saturated heterocycles. The van der Waals surface area contributed by atoms with Crippen molar-refractivity contribution in [2.75, 3.05) is 6.54 Å². The van der Waals surface area contributed by atoms with Crippen LogP contribution in [0.15, 0.2) is 0 Å². The summed E-state index contributed by atoms with van der Waals surface area (Å²) in [6.45, 7) is 5.48. The first kappa shape index (κ1) is 10.2. The monoisotopic (exact) mass is 164 g/mol. The highest BCUT2D eigenvalue weighted by Gasteiger charge is 2.24. The lowest BCUT2D eigenvalue weighted by Gasteiger charge is -2.34. The largest absolute Gasteiger partial charge is 0.328 e. The lowest BCUT2D eigenvalue weighted by atomic mass is 9.90. The first-order valence-electron chi connectivity index (χ1n) is 3.61. The molecule has 0 spiro atoms. The summed E-state index contributed by atoms with van der Waals surface area (Å²) in [4.78, 5) is 0. The zero-order chi connectivity index (χ0) is 6.91. The van der Waals surface area contributed by atoms with Gasteiger partial charge in [0.1, 0.15) is 0 Å². The van der Waals surface area contributed by atoms with Gasteiger partial charge in [0.2, 0.25) is 0 Å². The van der Waals surface area contributed by atoms with Gasteiger partial charge in [-0.2, -0.15) is 0 Å². The van der Waals surface area contributed by atoms with E-state index in [1.165, 1.54) is 0 Å². The van der Waals surface area contributed by atoms with Crippen LogP contribution in [-0.2, 0) is 0 Å². The molecule has 1 fully saturated rings. The minimum Gasteiger partial charge on any atom is -0.328 e. The lowest BCUT2D eigenvalue weighted by Crippen LogP contribution is -2.50. The van der Waals surface area contributed by atoms with E-state index in [0.29, 0.717) is 6.04 Å². The van der Waals surface area contributed by atoms with Gasteiger partial charge in [0.15, 0.2) is 0 Å². The average Bonchev–Trinajstić information content (AvgIpc) is 1.60. The molecule has 0 aliphatic carbocycles. The summed E-state index contributed by atoms with van der Waals surface area (Å²) in [6, 6.07) is 0.418. The molecule has 1 heterocycles. The Labute approximate surface area is 69.0 Å². The van der Waals surface area contributed by atoms with Crippen LogP contribution in [0.25, 0.3) is 0 Å². The predicted octanol–water partition coefficient (Wildman–Crippen LogP) is 0.898. The van der Waals surface area contributed by atoms with Gasteiger partial charge in [0.25, 0.3) is 0 Å². The van der Waals surface area contributed by atoms with Crippen molar-refractivity contribution in [3.05, 3.63) is 0 Å². The van der Waals surface area contributed by atoms with Crippen LogP contribution in [0.1, 0.15) is 26.7 Å². The molecule has 3 N–H and O–H groups in total. The topological polar surface area (TPSA) is 38.0 Å². The number of hydrogen-bond donors (Lipinski definition) is 2. The van der Waals surface area contributed by atoms with E-state index in [-0.39, 0.29) is 17.9 Å². The Morgan fingerprint density at radius 2 is 2.10 bits per heavy atom. The number of piperidine rings is 1. The number of nitrogens with two attached hydrogens (primary N) is 1. The van der Waals surface area contributed by atoms with E-state index in [0.717, 1.165) is 19.4 Å². The van der Waals surface area contributed by atoms with Crippen LogP contribution < -0.4 is 11.1 Å². The maximum Gasteiger partial charge on any atom is 0.0139 e. The molecule has 0 aromatic rings. The van der Waals surface area contributed by atoms with Gasteiger partial charge in [0, 0.05) is 11.6 Å². The smallest absolute Gasteiger partial charge is 0.0139 e. The molecule has 1 unspecified atom stereocenters. The van der Waals surface area contributed by atoms with Crippen molar-refractivity contribution < 1.29 is 0 Å². The van der Waals surface area contributed by atoms with E-state index in [4.69, 9.17) is 5.73 Å². The maximum absolute atomic E-state index is 5.77. The first-order chi connectivity index (χ1) is 4.10. The van der Waals surface area contributed by atoms with Gasteiger partial charge in [-0.05, 0) is 33.2 Å². The Hall–Kier alpha value is 0.210. The summed E-state index contributed by atoms with van der Waals surface area (Å²) in [6.07, 6.45) is 2.23. The molecule has 62 valence electrons. The fourth-order valence-corrected chi connectivity index (χ4v) is 1.43. The van der Waals surface area contributed by atoms with Crippen molar-refractivity contribution in [3.63, 3.8) is 0 Å². The molecule has 0 saturated carbocycles. The van der Waals surface area contributed by atoms with Gasteiger partial charge in [-0.1, -0.05) is 0 Å². The Morgan fingerprint density at radius 3 is 2.40 bits per heavy atom. The SMILES string of the molecule is CC1(C)CC(N)CCN1.Cl. The molecule has 0 aromatic carbocycles. The molecular formula is C7H17ClN2. The fourth-order valence-electron chi connectivity index (χ4n) is 1.43. The van der Waals surface area contributed by atoms with Crippen LogP contribution in [0.2, 0.25) is 0 Å². The molecule has 1 atom stereocenters. The summed E-state index contributed by atoms with van der Waals surface area (Å²) in [5.74, 6) is 0. The summed E-state index contributed by atoms with van der Waals surface area (Å²) in [5, 5.41) is 3.41.